The number of esters is 1. The van der Waals surface area contributed by atoms with Gasteiger partial charge in [0.25, 0.3) is 11.8 Å². The minimum Gasteiger partial charge on any atom is -0.454 e. The van der Waals surface area contributed by atoms with Gasteiger partial charge in [-0.25, -0.2) is 4.79 Å². The van der Waals surface area contributed by atoms with Gasteiger partial charge in [-0.1, -0.05) is 6.07 Å². The van der Waals surface area contributed by atoms with Crippen molar-refractivity contribution in [1.82, 2.24) is 15.1 Å². The predicted molar refractivity (Wildman–Crippen MR) is 106 cm³/mol. The van der Waals surface area contributed by atoms with Crippen LogP contribution in [0, 0.1) is 0 Å². The zero-order valence-electron chi connectivity index (χ0n) is 17.6. The van der Waals surface area contributed by atoms with E-state index in [1.807, 2.05) is 0 Å². The van der Waals surface area contributed by atoms with Gasteiger partial charge in [-0.3, -0.25) is 19.3 Å². The second kappa shape index (κ2) is 8.67. The van der Waals surface area contributed by atoms with Gasteiger partial charge in [0.05, 0.1) is 5.56 Å². The Morgan fingerprint density at radius 2 is 1.78 bits per heavy atom. The Morgan fingerprint density at radius 3 is 2.34 bits per heavy atom. The molecule has 12 heteroatoms. The summed E-state index contributed by atoms with van der Waals surface area (Å²) in [6, 6.07) is 4.26. The van der Waals surface area contributed by atoms with Gasteiger partial charge in [-0.15, -0.1) is 0 Å². The molecule has 3 rings (SSSR count). The molecule has 0 spiro atoms. The number of anilines is 1. The lowest BCUT2D eigenvalue weighted by Gasteiger charge is -2.36. The summed E-state index contributed by atoms with van der Waals surface area (Å²) >= 11 is 0. The van der Waals surface area contributed by atoms with Crippen molar-refractivity contribution >= 4 is 29.5 Å². The SMILES string of the molecule is CC1(C)NC(=O)N(CC(=O)OCC(=O)N2CCN(c3cccc(C(F)(F)F)c3)CC2)C1=O. The molecule has 174 valence electrons. The number of nitrogens with one attached hydrogen (secondary N) is 1. The molecule has 1 N–H and O–H groups in total. The first-order valence-electron chi connectivity index (χ1n) is 9.88. The Hall–Kier alpha value is -3.31. The molecule has 0 bridgehead atoms. The fourth-order valence-electron chi connectivity index (χ4n) is 3.46. The highest BCUT2D eigenvalue weighted by atomic mass is 19.4. The number of urea groups is 1. The summed E-state index contributed by atoms with van der Waals surface area (Å²) in [5, 5.41) is 2.43. The lowest BCUT2D eigenvalue weighted by atomic mass is 10.1. The molecule has 9 nitrogen and oxygen atoms in total. The van der Waals surface area contributed by atoms with E-state index < -0.39 is 54.2 Å². The Morgan fingerprint density at radius 1 is 1.12 bits per heavy atom. The number of carbonyl (C=O) groups excluding carboxylic acids is 4. The Balaban J connectivity index is 1.46. The third-order valence-electron chi connectivity index (χ3n) is 5.26. The van der Waals surface area contributed by atoms with Crippen LogP contribution in [0.3, 0.4) is 0 Å². The predicted octanol–water partition coefficient (Wildman–Crippen LogP) is 1.23. The van der Waals surface area contributed by atoms with Crippen molar-refractivity contribution < 1.29 is 37.1 Å². The molecular weight excluding hydrogens is 433 g/mol. The number of nitrogens with zero attached hydrogens (tertiary/aromatic N) is 3. The van der Waals surface area contributed by atoms with Crippen LogP contribution in [0.1, 0.15) is 19.4 Å². The molecule has 2 heterocycles. The molecule has 2 aliphatic rings. The molecule has 0 aromatic heterocycles. The van der Waals surface area contributed by atoms with Crippen LogP contribution in [-0.2, 0) is 25.3 Å². The fourth-order valence-corrected chi connectivity index (χ4v) is 3.46. The normalized spacial score (nSPS) is 18.6. The summed E-state index contributed by atoms with van der Waals surface area (Å²) in [5.41, 5.74) is -1.45. The summed E-state index contributed by atoms with van der Waals surface area (Å²) in [6.45, 7) is 2.96. The maximum absolute atomic E-state index is 12.9. The molecule has 1 aromatic rings. The molecule has 2 fully saturated rings. The number of piperazine rings is 1. The van der Waals surface area contributed by atoms with E-state index in [4.69, 9.17) is 4.74 Å². The van der Waals surface area contributed by atoms with Crippen LogP contribution < -0.4 is 10.2 Å². The van der Waals surface area contributed by atoms with Crippen LogP contribution in [0.4, 0.5) is 23.7 Å². The van der Waals surface area contributed by atoms with Crippen molar-refractivity contribution in [3.8, 4) is 0 Å². The van der Waals surface area contributed by atoms with E-state index in [1.54, 1.807) is 11.0 Å². The zero-order valence-corrected chi connectivity index (χ0v) is 17.6. The minimum atomic E-state index is -4.44. The topological polar surface area (TPSA) is 99.3 Å². The van der Waals surface area contributed by atoms with Crippen LogP contribution in [-0.4, -0.2) is 78.5 Å². The first-order valence-corrected chi connectivity index (χ1v) is 9.88. The van der Waals surface area contributed by atoms with Crippen LogP contribution in [0.25, 0.3) is 0 Å². The van der Waals surface area contributed by atoms with Crippen LogP contribution >= 0.6 is 0 Å². The molecule has 0 unspecified atom stereocenters. The van der Waals surface area contributed by atoms with E-state index in [0.717, 1.165) is 17.0 Å². The van der Waals surface area contributed by atoms with Crippen molar-refractivity contribution in [2.45, 2.75) is 25.6 Å². The number of imide groups is 1. The fraction of sp³-hybridized carbons (Fsp3) is 0.500. The van der Waals surface area contributed by atoms with E-state index in [1.165, 1.54) is 24.8 Å². The second-order valence-corrected chi connectivity index (χ2v) is 8.02. The second-order valence-electron chi connectivity index (χ2n) is 8.02. The number of carbonyl (C=O) groups is 4. The Kier molecular flexibility index (Phi) is 6.33. The maximum atomic E-state index is 12.9. The highest BCUT2D eigenvalue weighted by Gasteiger charge is 2.45. The van der Waals surface area contributed by atoms with Gasteiger partial charge in [-0.2, -0.15) is 13.2 Å². The number of rotatable bonds is 5. The molecule has 0 saturated carbocycles. The van der Waals surface area contributed by atoms with Gasteiger partial charge in [0, 0.05) is 31.9 Å². The van der Waals surface area contributed by atoms with E-state index in [2.05, 4.69) is 5.32 Å². The first-order chi connectivity index (χ1) is 14.9. The number of ether oxygens (including phenoxy) is 1. The highest BCUT2D eigenvalue weighted by molar-refractivity contribution is 6.08. The molecule has 0 atom stereocenters. The van der Waals surface area contributed by atoms with Gasteiger partial charge in [-0.05, 0) is 32.0 Å². The van der Waals surface area contributed by atoms with Crippen LogP contribution in [0.15, 0.2) is 24.3 Å². The quantitative estimate of drug-likeness (QED) is 0.529. The Bertz CT molecular complexity index is 926. The lowest BCUT2D eigenvalue weighted by molar-refractivity contribution is -0.153. The van der Waals surface area contributed by atoms with Gasteiger partial charge in [0.1, 0.15) is 12.1 Å². The molecule has 0 aliphatic carbocycles. The Labute approximate surface area is 182 Å². The molecule has 1 aromatic carbocycles. The summed E-state index contributed by atoms with van der Waals surface area (Å²) in [5.74, 6) is -1.95. The molecule has 0 radical (unpaired) electrons. The van der Waals surface area contributed by atoms with Crippen molar-refractivity contribution in [2.75, 3.05) is 44.2 Å². The maximum Gasteiger partial charge on any atom is 0.416 e. The summed E-state index contributed by atoms with van der Waals surface area (Å²) in [6.07, 6.45) is -4.44. The third-order valence-corrected chi connectivity index (χ3v) is 5.26. The number of alkyl halides is 3. The number of benzene rings is 1. The average Bonchev–Trinajstić information content (AvgIpc) is 2.93. The van der Waals surface area contributed by atoms with Crippen LogP contribution in [0.2, 0.25) is 0 Å². The molecule has 2 aliphatic heterocycles. The summed E-state index contributed by atoms with van der Waals surface area (Å²) in [7, 11) is 0. The van der Waals surface area contributed by atoms with E-state index in [9.17, 15) is 32.3 Å². The number of hydrogen-bond acceptors (Lipinski definition) is 6. The van der Waals surface area contributed by atoms with Crippen molar-refractivity contribution in [3.63, 3.8) is 0 Å². The summed E-state index contributed by atoms with van der Waals surface area (Å²) < 4.78 is 43.6. The van der Waals surface area contributed by atoms with Crippen molar-refractivity contribution in [3.05, 3.63) is 29.8 Å². The van der Waals surface area contributed by atoms with E-state index in [-0.39, 0.29) is 13.1 Å². The standard InChI is InChI=1S/C20H23F3N4O5/c1-19(2)17(30)27(18(31)24-19)11-16(29)32-12-15(28)26-8-6-25(7-9-26)14-5-3-4-13(10-14)20(21,22)23/h3-5,10H,6-9,11-12H2,1-2H3,(H,24,31). The van der Waals surface area contributed by atoms with Gasteiger partial charge in [0.15, 0.2) is 6.61 Å². The van der Waals surface area contributed by atoms with Crippen molar-refractivity contribution in [1.29, 1.82) is 0 Å². The first kappa shape index (κ1) is 23.4. The molecule has 32 heavy (non-hydrogen) atoms. The third kappa shape index (κ3) is 5.11. The number of amides is 4. The van der Waals surface area contributed by atoms with Crippen LogP contribution in [0.5, 0.6) is 0 Å². The summed E-state index contributed by atoms with van der Waals surface area (Å²) in [4.78, 5) is 52.1. The largest absolute Gasteiger partial charge is 0.454 e. The smallest absolute Gasteiger partial charge is 0.416 e. The zero-order chi connectivity index (χ0) is 23.7. The molecule has 4 amide bonds. The number of halogens is 3. The molecular formula is C20H23F3N4O5. The average molecular weight is 456 g/mol. The lowest BCUT2D eigenvalue weighted by Crippen LogP contribution is -2.50. The van der Waals surface area contributed by atoms with E-state index >= 15 is 0 Å². The minimum absolute atomic E-state index is 0.244. The van der Waals surface area contributed by atoms with Gasteiger partial charge in [0.2, 0.25) is 0 Å². The molecule has 2 saturated heterocycles. The monoisotopic (exact) mass is 456 g/mol. The van der Waals surface area contributed by atoms with Gasteiger partial charge >= 0.3 is 18.2 Å². The highest BCUT2D eigenvalue weighted by Crippen LogP contribution is 2.31. The van der Waals surface area contributed by atoms with Crippen molar-refractivity contribution in [2.24, 2.45) is 0 Å². The van der Waals surface area contributed by atoms with E-state index in [0.29, 0.717) is 18.8 Å². The van der Waals surface area contributed by atoms with Gasteiger partial charge < -0.3 is 19.9 Å². The number of hydrogen-bond donors (Lipinski definition) is 1.